The minimum Gasteiger partial charge on any atom is -0.280 e. The second-order valence-corrected chi connectivity index (χ2v) is 2.66. The largest absolute Gasteiger partial charge is 0.280 e. The predicted octanol–water partition coefficient (Wildman–Crippen LogP) is 0.983. The van der Waals surface area contributed by atoms with Gasteiger partial charge in [-0.1, -0.05) is 18.5 Å². The molecule has 0 unspecified atom stereocenters. The van der Waals surface area contributed by atoms with Crippen LogP contribution in [0, 0.1) is 0 Å². The van der Waals surface area contributed by atoms with Crippen LogP contribution in [-0.2, 0) is 4.79 Å². The molecule has 1 amide bonds. The van der Waals surface area contributed by atoms with Crippen LogP contribution in [-0.4, -0.2) is 16.1 Å². The number of hydrazine groups is 1. The molecule has 0 aliphatic heterocycles. The number of amides is 1. The molecule has 0 saturated carbocycles. The number of nitrogens with one attached hydrogen (secondary N) is 2. The molecule has 0 saturated heterocycles. The molecule has 6 heteroatoms. The average molecular weight is 201 g/mol. The maximum Gasteiger partial charge on any atom is 0.238 e. The number of carbonyl (C=O) groups excluding carboxylic acids is 1. The summed E-state index contributed by atoms with van der Waals surface area (Å²) in [7, 11) is 0. The fraction of sp³-hybridized carbons (Fsp3) is 0.286. The number of nitrogens with zero attached hydrogens (tertiary/aromatic N) is 2. The first-order chi connectivity index (χ1) is 6.22. The summed E-state index contributed by atoms with van der Waals surface area (Å²) in [4.78, 5) is 10.8. The van der Waals surface area contributed by atoms with Crippen molar-refractivity contribution in [1.29, 1.82) is 0 Å². The van der Waals surface area contributed by atoms with Gasteiger partial charge < -0.3 is 0 Å². The van der Waals surface area contributed by atoms with Gasteiger partial charge in [-0.2, -0.15) is 0 Å². The molecule has 2 N–H and O–H groups in total. The Labute approximate surface area is 80.5 Å². The molecule has 70 valence electrons. The molecule has 0 bridgehead atoms. The van der Waals surface area contributed by atoms with Crippen molar-refractivity contribution in [3.05, 3.63) is 17.3 Å². The van der Waals surface area contributed by atoms with Crippen LogP contribution in [0.15, 0.2) is 12.1 Å². The van der Waals surface area contributed by atoms with Crippen LogP contribution in [0.2, 0.25) is 5.15 Å². The van der Waals surface area contributed by atoms with Gasteiger partial charge in [0.1, 0.15) is 0 Å². The lowest BCUT2D eigenvalue weighted by Crippen LogP contribution is -2.28. The summed E-state index contributed by atoms with van der Waals surface area (Å²) in [6, 6.07) is 3.19. The van der Waals surface area contributed by atoms with E-state index in [2.05, 4.69) is 21.0 Å². The van der Waals surface area contributed by atoms with E-state index in [0.29, 0.717) is 17.4 Å². The highest BCUT2D eigenvalue weighted by molar-refractivity contribution is 6.29. The Bertz CT molecular complexity index is 287. The number of rotatable bonds is 3. The summed E-state index contributed by atoms with van der Waals surface area (Å²) in [6.07, 6.45) is 0.411. The Morgan fingerprint density at radius 3 is 2.85 bits per heavy atom. The standard InChI is InChI=1S/C7H9ClN4O/c1-2-7(13)12-11-6-4-3-5(8)9-10-6/h3-4H,2H2,1H3,(H,10,11)(H,12,13). The lowest BCUT2D eigenvalue weighted by atomic mass is 10.5. The zero-order chi connectivity index (χ0) is 9.68. The summed E-state index contributed by atoms with van der Waals surface area (Å²) < 4.78 is 0. The SMILES string of the molecule is CCC(=O)NNc1ccc(Cl)nn1. The Morgan fingerprint density at radius 2 is 2.31 bits per heavy atom. The molecule has 1 rings (SSSR count). The topological polar surface area (TPSA) is 66.9 Å². The van der Waals surface area contributed by atoms with Crippen molar-refractivity contribution in [1.82, 2.24) is 15.6 Å². The molecule has 0 spiro atoms. The maximum absolute atomic E-state index is 10.8. The Kier molecular flexibility index (Phi) is 3.45. The van der Waals surface area contributed by atoms with Crippen molar-refractivity contribution in [3.63, 3.8) is 0 Å². The molecular weight excluding hydrogens is 192 g/mol. The van der Waals surface area contributed by atoms with Gasteiger partial charge in [0.25, 0.3) is 0 Å². The van der Waals surface area contributed by atoms with Crippen molar-refractivity contribution in [3.8, 4) is 0 Å². The van der Waals surface area contributed by atoms with Crippen LogP contribution in [0.4, 0.5) is 5.82 Å². The van der Waals surface area contributed by atoms with Crippen molar-refractivity contribution < 1.29 is 4.79 Å². The minimum absolute atomic E-state index is 0.114. The van der Waals surface area contributed by atoms with E-state index in [1.165, 1.54) is 0 Å². The van der Waals surface area contributed by atoms with E-state index < -0.39 is 0 Å². The van der Waals surface area contributed by atoms with E-state index in [4.69, 9.17) is 11.6 Å². The van der Waals surface area contributed by atoms with Crippen LogP contribution in [0.1, 0.15) is 13.3 Å². The summed E-state index contributed by atoms with van der Waals surface area (Å²) in [5.74, 6) is 0.336. The molecule has 0 aliphatic rings. The summed E-state index contributed by atoms with van der Waals surface area (Å²) >= 11 is 5.51. The van der Waals surface area contributed by atoms with Crippen molar-refractivity contribution in [2.75, 3.05) is 5.43 Å². The second kappa shape index (κ2) is 4.61. The number of anilines is 1. The molecule has 0 fully saturated rings. The number of aromatic nitrogens is 2. The Balaban J connectivity index is 2.46. The smallest absolute Gasteiger partial charge is 0.238 e. The van der Waals surface area contributed by atoms with Gasteiger partial charge in [-0.3, -0.25) is 15.6 Å². The molecule has 1 aromatic rings. The van der Waals surface area contributed by atoms with Crippen LogP contribution in [0.5, 0.6) is 0 Å². The highest BCUT2D eigenvalue weighted by Crippen LogP contribution is 2.04. The van der Waals surface area contributed by atoms with Gasteiger partial charge in [0.15, 0.2) is 11.0 Å². The Hall–Kier alpha value is -1.36. The van der Waals surface area contributed by atoms with Gasteiger partial charge in [-0.05, 0) is 12.1 Å². The third kappa shape index (κ3) is 3.25. The fourth-order valence-corrected chi connectivity index (χ4v) is 0.706. The zero-order valence-electron chi connectivity index (χ0n) is 7.04. The van der Waals surface area contributed by atoms with E-state index in [-0.39, 0.29) is 5.91 Å². The third-order valence-electron chi connectivity index (χ3n) is 1.28. The molecule has 13 heavy (non-hydrogen) atoms. The summed E-state index contributed by atoms with van der Waals surface area (Å²) in [5.41, 5.74) is 5.02. The van der Waals surface area contributed by atoms with Crippen molar-refractivity contribution in [2.24, 2.45) is 0 Å². The van der Waals surface area contributed by atoms with Crippen molar-refractivity contribution in [2.45, 2.75) is 13.3 Å². The van der Waals surface area contributed by atoms with Gasteiger partial charge in [0.2, 0.25) is 5.91 Å². The first-order valence-corrected chi connectivity index (χ1v) is 4.14. The zero-order valence-corrected chi connectivity index (χ0v) is 7.80. The van der Waals surface area contributed by atoms with Crippen LogP contribution in [0.25, 0.3) is 0 Å². The van der Waals surface area contributed by atoms with Crippen LogP contribution >= 0.6 is 11.6 Å². The average Bonchev–Trinajstić information content (AvgIpc) is 2.16. The summed E-state index contributed by atoms with van der Waals surface area (Å²) in [5, 5.41) is 7.57. The minimum atomic E-state index is -0.114. The Morgan fingerprint density at radius 1 is 1.54 bits per heavy atom. The molecule has 5 nitrogen and oxygen atoms in total. The molecular formula is C7H9ClN4O. The highest BCUT2D eigenvalue weighted by Gasteiger charge is 1.97. The van der Waals surface area contributed by atoms with E-state index in [1.807, 2.05) is 0 Å². The van der Waals surface area contributed by atoms with Crippen LogP contribution in [0.3, 0.4) is 0 Å². The number of halogens is 1. The predicted molar refractivity (Wildman–Crippen MR) is 49.1 cm³/mol. The highest BCUT2D eigenvalue weighted by atomic mass is 35.5. The number of hydrogen-bond acceptors (Lipinski definition) is 4. The van der Waals surface area contributed by atoms with E-state index in [9.17, 15) is 4.79 Å². The summed E-state index contributed by atoms with van der Waals surface area (Å²) in [6.45, 7) is 1.75. The van der Waals surface area contributed by atoms with E-state index >= 15 is 0 Å². The van der Waals surface area contributed by atoms with Gasteiger partial charge in [-0.25, -0.2) is 0 Å². The molecule has 0 aromatic carbocycles. The lowest BCUT2D eigenvalue weighted by molar-refractivity contribution is -0.120. The number of hydrogen-bond donors (Lipinski definition) is 2. The maximum atomic E-state index is 10.8. The molecule has 1 heterocycles. The first kappa shape index (κ1) is 9.73. The quantitative estimate of drug-likeness (QED) is 0.714. The fourth-order valence-electron chi connectivity index (χ4n) is 0.605. The molecule has 1 aromatic heterocycles. The normalized spacial score (nSPS) is 9.38. The van der Waals surface area contributed by atoms with Crippen molar-refractivity contribution >= 4 is 23.3 Å². The molecule has 0 aliphatic carbocycles. The number of carbonyl (C=O) groups is 1. The van der Waals surface area contributed by atoms with Gasteiger partial charge in [-0.15, -0.1) is 10.2 Å². The lowest BCUT2D eigenvalue weighted by Gasteiger charge is -2.04. The third-order valence-corrected chi connectivity index (χ3v) is 1.48. The monoisotopic (exact) mass is 200 g/mol. The second-order valence-electron chi connectivity index (χ2n) is 2.27. The molecule has 0 atom stereocenters. The van der Waals surface area contributed by atoms with Gasteiger partial charge in [0, 0.05) is 6.42 Å². The first-order valence-electron chi connectivity index (χ1n) is 3.76. The van der Waals surface area contributed by atoms with Gasteiger partial charge in [0.05, 0.1) is 0 Å². The van der Waals surface area contributed by atoms with Crippen LogP contribution < -0.4 is 10.9 Å². The van der Waals surface area contributed by atoms with E-state index in [0.717, 1.165) is 0 Å². The van der Waals surface area contributed by atoms with E-state index in [1.54, 1.807) is 19.1 Å². The molecule has 0 radical (unpaired) electrons. The van der Waals surface area contributed by atoms with Gasteiger partial charge >= 0.3 is 0 Å².